The van der Waals surface area contributed by atoms with Crippen LogP contribution >= 0.6 is 11.3 Å². The van der Waals surface area contributed by atoms with E-state index in [2.05, 4.69) is 19.2 Å². The second-order valence-electron chi connectivity index (χ2n) is 4.70. The summed E-state index contributed by atoms with van der Waals surface area (Å²) in [4.78, 5) is 13.9. The Morgan fingerprint density at radius 2 is 2.41 bits per heavy atom. The van der Waals surface area contributed by atoms with Crippen LogP contribution in [0.3, 0.4) is 0 Å². The molecule has 1 atom stereocenters. The summed E-state index contributed by atoms with van der Waals surface area (Å²) in [7, 11) is 0. The minimum Gasteiger partial charge on any atom is -0.376 e. The SMILES string of the molecule is CC(C)c1ccc(C(=O)NC[C@@H]2CCCO2)s1. The molecule has 1 aromatic heterocycles. The highest BCUT2D eigenvalue weighted by Crippen LogP contribution is 2.24. The van der Waals surface area contributed by atoms with E-state index in [4.69, 9.17) is 4.74 Å². The van der Waals surface area contributed by atoms with Gasteiger partial charge in [0.25, 0.3) is 5.91 Å². The molecule has 1 saturated heterocycles. The zero-order chi connectivity index (χ0) is 12.3. The summed E-state index contributed by atoms with van der Waals surface area (Å²) < 4.78 is 5.47. The lowest BCUT2D eigenvalue weighted by atomic mass is 10.2. The van der Waals surface area contributed by atoms with Crippen LogP contribution in [-0.2, 0) is 4.74 Å². The van der Waals surface area contributed by atoms with Gasteiger partial charge in [0.2, 0.25) is 0 Å². The van der Waals surface area contributed by atoms with E-state index in [0.29, 0.717) is 12.5 Å². The number of ether oxygens (including phenoxy) is 1. The van der Waals surface area contributed by atoms with E-state index in [-0.39, 0.29) is 12.0 Å². The Kier molecular flexibility index (Phi) is 4.18. The maximum absolute atomic E-state index is 11.9. The monoisotopic (exact) mass is 253 g/mol. The first-order valence-electron chi connectivity index (χ1n) is 6.16. The molecule has 1 aliphatic heterocycles. The molecule has 1 amide bonds. The molecule has 1 N–H and O–H groups in total. The van der Waals surface area contributed by atoms with Gasteiger partial charge in [-0.2, -0.15) is 0 Å². The lowest BCUT2D eigenvalue weighted by molar-refractivity contribution is 0.0861. The second kappa shape index (κ2) is 5.65. The van der Waals surface area contributed by atoms with Crippen molar-refractivity contribution in [3.8, 4) is 0 Å². The second-order valence-corrected chi connectivity index (χ2v) is 5.82. The minimum atomic E-state index is 0.0254. The Balaban J connectivity index is 1.85. The molecule has 0 spiro atoms. The van der Waals surface area contributed by atoms with Crippen molar-refractivity contribution >= 4 is 17.2 Å². The van der Waals surface area contributed by atoms with Crippen LogP contribution < -0.4 is 5.32 Å². The van der Waals surface area contributed by atoms with Gasteiger partial charge >= 0.3 is 0 Å². The standard InChI is InChI=1S/C13H19NO2S/c1-9(2)11-5-6-12(17-11)13(15)14-8-10-4-3-7-16-10/h5-6,9-10H,3-4,7-8H2,1-2H3,(H,14,15)/t10-/m0/s1. The van der Waals surface area contributed by atoms with Crippen LogP contribution in [-0.4, -0.2) is 25.2 Å². The molecular formula is C13H19NO2S. The van der Waals surface area contributed by atoms with Crippen LogP contribution in [0.1, 0.15) is 47.2 Å². The van der Waals surface area contributed by atoms with Crippen LogP contribution in [0.2, 0.25) is 0 Å². The average molecular weight is 253 g/mol. The van der Waals surface area contributed by atoms with Crippen molar-refractivity contribution in [2.24, 2.45) is 0 Å². The Hall–Kier alpha value is -0.870. The fourth-order valence-electron chi connectivity index (χ4n) is 1.88. The molecule has 0 unspecified atom stereocenters. The van der Waals surface area contributed by atoms with E-state index < -0.39 is 0 Å². The number of thiophene rings is 1. The topological polar surface area (TPSA) is 38.3 Å². The van der Waals surface area contributed by atoms with Gasteiger partial charge in [0, 0.05) is 18.0 Å². The predicted molar refractivity (Wildman–Crippen MR) is 69.7 cm³/mol. The normalized spacial score (nSPS) is 19.8. The van der Waals surface area contributed by atoms with E-state index in [9.17, 15) is 4.79 Å². The van der Waals surface area contributed by atoms with Crippen molar-refractivity contribution in [3.05, 3.63) is 21.9 Å². The summed E-state index contributed by atoms with van der Waals surface area (Å²) in [6.45, 7) is 5.74. The molecule has 17 heavy (non-hydrogen) atoms. The van der Waals surface area contributed by atoms with Gasteiger partial charge in [-0.1, -0.05) is 13.8 Å². The zero-order valence-electron chi connectivity index (χ0n) is 10.4. The molecule has 2 rings (SSSR count). The number of carbonyl (C=O) groups is 1. The highest BCUT2D eigenvalue weighted by atomic mass is 32.1. The number of hydrogen-bond donors (Lipinski definition) is 1. The van der Waals surface area contributed by atoms with Crippen molar-refractivity contribution in [1.82, 2.24) is 5.32 Å². The largest absolute Gasteiger partial charge is 0.376 e. The van der Waals surface area contributed by atoms with Crippen LogP contribution in [0.25, 0.3) is 0 Å². The predicted octanol–water partition coefficient (Wildman–Crippen LogP) is 2.78. The first-order valence-corrected chi connectivity index (χ1v) is 6.98. The molecule has 0 bridgehead atoms. The zero-order valence-corrected chi connectivity index (χ0v) is 11.2. The highest BCUT2D eigenvalue weighted by molar-refractivity contribution is 7.14. The van der Waals surface area contributed by atoms with Gasteiger partial charge < -0.3 is 10.1 Å². The molecule has 1 aliphatic rings. The first kappa shape index (κ1) is 12.6. The van der Waals surface area contributed by atoms with E-state index in [1.54, 1.807) is 11.3 Å². The molecule has 0 aromatic carbocycles. The molecule has 0 saturated carbocycles. The van der Waals surface area contributed by atoms with Gasteiger partial charge in [0.15, 0.2) is 0 Å². The van der Waals surface area contributed by atoms with E-state index in [1.165, 1.54) is 4.88 Å². The maximum Gasteiger partial charge on any atom is 0.261 e. The molecule has 2 heterocycles. The van der Waals surface area contributed by atoms with Crippen molar-refractivity contribution in [2.45, 2.75) is 38.7 Å². The quantitative estimate of drug-likeness (QED) is 0.896. The number of amides is 1. The van der Waals surface area contributed by atoms with Crippen molar-refractivity contribution in [2.75, 3.05) is 13.2 Å². The van der Waals surface area contributed by atoms with Crippen molar-refractivity contribution < 1.29 is 9.53 Å². The summed E-state index contributed by atoms with van der Waals surface area (Å²) in [5, 5.41) is 2.94. The summed E-state index contributed by atoms with van der Waals surface area (Å²) in [6, 6.07) is 3.95. The third-order valence-corrected chi connectivity index (χ3v) is 4.32. The van der Waals surface area contributed by atoms with E-state index in [1.807, 2.05) is 12.1 Å². The van der Waals surface area contributed by atoms with Gasteiger partial charge in [0.05, 0.1) is 11.0 Å². The molecule has 0 radical (unpaired) electrons. The van der Waals surface area contributed by atoms with E-state index >= 15 is 0 Å². The van der Waals surface area contributed by atoms with E-state index in [0.717, 1.165) is 24.3 Å². The third kappa shape index (κ3) is 3.30. The molecule has 3 nitrogen and oxygen atoms in total. The number of rotatable bonds is 4. The van der Waals surface area contributed by atoms with Gasteiger partial charge in [-0.15, -0.1) is 11.3 Å². The third-order valence-electron chi connectivity index (χ3n) is 2.93. The summed E-state index contributed by atoms with van der Waals surface area (Å²) >= 11 is 1.58. The lowest BCUT2D eigenvalue weighted by Gasteiger charge is -2.09. The van der Waals surface area contributed by atoms with Gasteiger partial charge in [-0.3, -0.25) is 4.79 Å². The summed E-state index contributed by atoms with van der Waals surface area (Å²) in [5.41, 5.74) is 0. The summed E-state index contributed by atoms with van der Waals surface area (Å²) in [6.07, 6.45) is 2.38. The van der Waals surface area contributed by atoms with Gasteiger partial charge in [-0.05, 0) is 30.9 Å². The Bertz CT molecular complexity index is 381. The number of carbonyl (C=O) groups excluding carboxylic acids is 1. The molecular weight excluding hydrogens is 234 g/mol. The molecule has 1 aromatic rings. The van der Waals surface area contributed by atoms with Crippen LogP contribution in [0.15, 0.2) is 12.1 Å². The molecule has 0 aliphatic carbocycles. The van der Waals surface area contributed by atoms with Crippen LogP contribution in [0.4, 0.5) is 0 Å². The Morgan fingerprint density at radius 1 is 1.59 bits per heavy atom. The smallest absolute Gasteiger partial charge is 0.261 e. The fraction of sp³-hybridized carbons (Fsp3) is 0.615. The van der Waals surface area contributed by atoms with Gasteiger partial charge in [-0.25, -0.2) is 0 Å². The molecule has 94 valence electrons. The van der Waals surface area contributed by atoms with Gasteiger partial charge in [0.1, 0.15) is 0 Å². The highest BCUT2D eigenvalue weighted by Gasteiger charge is 2.17. The average Bonchev–Trinajstić information content (AvgIpc) is 2.96. The minimum absolute atomic E-state index is 0.0254. The van der Waals surface area contributed by atoms with Crippen LogP contribution in [0, 0.1) is 0 Å². The lowest BCUT2D eigenvalue weighted by Crippen LogP contribution is -2.31. The maximum atomic E-state index is 11.9. The Labute approximate surface area is 106 Å². The fourth-order valence-corrected chi connectivity index (χ4v) is 2.81. The molecule has 1 fully saturated rings. The van der Waals surface area contributed by atoms with Crippen LogP contribution in [0.5, 0.6) is 0 Å². The number of nitrogens with one attached hydrogen (secondary N) is 1. The number of hydrogen-bond acceptors (Lipinski definition) is 3. The summed E-state index contributed by atoms with van der Waals surface area (Å²) in [5.74, 6) is 0.511. The Morgan fingerprint density at radius 3 is 3.00 bits per heavy atom. The van der Waals surface area contributed by atoms with Crippen molar-refractivity contribution in [1.29, 1.82) is 0 Å². The first-order chi connectivity index (χ1) is 8.16. The van der Waals surface area contributed by atoms with Crippen molar-refractivity contribution in [3.63, 3.8) is 0 Å². The molecule has 4 heteroatoms.